The maximum Gasteiger partial charge on any atom is 0.325 e. The van der Waals surface area contributed by atoms with Crippen molar-refractivity contribution in [2.24, 2.45) is 0 Å². The summed E-state index contributed by atoms with van der Waals surface area (Å²) >= 11 is 11.1. The SMILES string of the molecule is Cc1ccc(NC(=O)NC(=O)CCl)c(Cl)c1. The van der Waals surface area contributed by atoms with E-state index in [4.69, 9.17) is 23.2 Å². The van der Waals surface area contributed by atoms with Crippen LogP contribution in [0.25, 0.3) is 0 Å². The van der Waals surface area contributed by atoms with E-state index in [1.165, 1.54) is 0 Å². The molecule has 4 nitrogen and oxygen atoms in total. The van der Waals surface area contributed by atoms with Crippen LogP contribution in [0.5, 0.6) is 0 Å². The Hall–Kier alpha value is -1.26. The van der Waals surface area contributed by atoms with Crippen LogP contribution in [0, 0.1) is 6.92 Å². The van der Waals surface area contributed by atoms with E-state index >= 15 is 0 Å². The number of hydrogen-bond acceptors (Lipinski definition) is 2. The Morgan fingerprint density at radius 3 is 2.62 bits per heavy atom. The van der Waals surface area contributed by atoms with Crippen molar-refractivity contribution in [1.82, 2.24) is 5.32 Å². The molecule has 0 aliphatic carbocycles. The van der Waals surface area contributed by atoms with Gasteiger partial charge < -0.3 is 5.32 Å². The van der Waals surface area contributed by atoms with Gasteiger partial charge in [0.15, 0.2) is 0 Å². The number of carbonyl (C=O) groups is 2. The maximum atomic E-state index is 11.3. The zero-order chi connectivity index (χ0) is 12.1. The predicted molar refractivity (Wildman–Crippen MR) is 64.1 cm³/mol. The van der Waals surface area contributed by atoms with Crippen LogP contribution in [0.1, 0.15) is 5.56 Å². The summed E-state index contributed by atoms with van der Waals surface area (Å²) in [5, 5.41) is 4.89. The van der Waals surface area contributed by atoms with E-state index in [9.17, 15) is 9.59 Å². The van der Waals surface area contributed by atoms with Crippen molar-refractivity contribution in [3.63, 3.8) is 0 Å². The van der Waals surface area contributed by atoms with Crippen LogP contribution in [-0.4, -0.2) is 17.8 Å². The number of benzene rings is 1. The smallest absolute Gasteiger partial charge is 0.306 e. The van der Waals surface area contributed by atoms with Gasteiger partial charge in [0.25, 0.3) is 0 Å². The van der Waals surface area contributed by atoms with E-state index in [-0.39, 0.29) is 5.88 Å². The molecular weight excluding hydrogens is 251 g/mol. The summed E-state index contributed by atoms with van der Waals surface area (Å²) in [6, 6.07) is 4.50. The van der Waals surface area contributed by atoms with E-state index in [1.54, 1.807) is 18.2 Å². The monoisotopic (exact) mass is 260 g/mol. The summed E-state index contributed by atoms with van der Waals surface area (Å²) in [6.45, 7) is 1.88. The molecular formula is C10H10Cl2N2O2. The first kappa shape index (κ1) is 12.8. The highest BCUT2D eigenvalue weighted by Crippen LogP contribution is 2.22. The van der Waals surface area contributed by atoms with Crippen LogP contribution < -0.4 is 10.6 Å². The number of urea groups is 1. The van der Waals surface area contributed by atoms with Crippen LogP contribution in [-0.2, 0) is 4.79 Å². The first-order chi connectivity index (χ1) is 7.52. The predicted octanol–water partition coefficient (Wildman–Crippen LogP) is 2.54. The Bertz CT molecular complexity index is 421. The highest BCUT2D eigenvalue weighted by Gasteiger charge is 2.08. The van der Waals surface area contributed by atoms with E-state index < -0.39 is 11.9 Å². The second-order valence-corrected chi connectivity index (χ2v) is 3.79. The topological polar surface area (TPSA) is 58.2 Å². The van der Waals surface area contributed by atoms with Crippen LogP contribution in [0.3, 0.4) is 0 Å². The largest absolute Gasteiger partial charge is 0.325 e. The lowest BCUT2D eigenvalue weighted by molar-refractivity contribution is -0.117. The number of imide groups is 1. The minimum Gasteiger partial charge on any atom is -0.306 e. The standard InChI is InChI=1S/C10H10Cl2N2O2/c1-6-2-3-8(7(12)4-6)13-10(16)14-9(15)5-11/h2-4H,5H2,1H3,(H2,13,14,15,16). The number of aryl methyl sites for hydroxylation is 1. The molecule has 0 aromatic heterocycles. The second-order valence-electron chi connectivity index (χ2n) is 3.12. The first-order valence-electron chi connectivity index (χ1n) is 4.46. The summed E-state index contributed by atoms with van der Waals surface area (Å²) < 4.78 is 0. The third kappa shape index (κ3) is 3.72. The van der Waals surface area contributed by atoms with Gasteiger partial charge in [-0.1, -0.05) is 17.7 Å². The highest BCUT2D eigenvalue weighted by molar-refractivity contribution is 6.34. The summed E-state index contributed by atoms with van der Waals surface area (Å²) in [5.41, 5.74) is 1.42. The summed E-state index contributed by atoms with van der Waals surface area (Å²) in [7, 11) is 0. The molecule has 0 aliphatic rings. The number of rotatable bonds is 2. The van der Waals surface area contributed by atoms with Crippen molar-refractivity contribution < 1.29 is 9.59 Å². The van der Waals surface area contributed by atoms with Gasteiger partial charge in [0.1, 0.15) is 5.88 Å². The molecule has 0 bridgehead atoms. The molecule has 86 valence electrons. The molecule has 1 rings (SSSR count). The molecule has 0 radical (unpaired) electrons. The number of anilines is 1. The van der Waals surface area contributed by atoms with Crippen molar-refractivity contribution in [2.75, 3.05) is 11.2 Å². The van der Waals surface area contributed by atoms with Gasteiger partial charge >= 0.3 is 6.03 Å². The van der Waals surface area contributed by atoms with Crippen molar-refractivity contribution in [3.8, 4) is 0 Å². The molecule has 0 fully saturated rings. The lowest BCUT2D eigenvalue weighted by Crippen LogP contribution is -2.35. The van der Waals surface area contributed by atoms with E-state index in [0.717, 1.165) is 5.56 Å². The number of alkyl halides is 1. The summed E-state index contributed by atoms with van der Waals surface area (Å²) in [4.78, 5) is 22.1. The van der Waals surface area contributed by atoms with Gasteiger partial charge in [-0.05, 0) is 24.6 Å². The molecule has 0 heterocycles. The van der Waals surface area contributed by atoms with Crippen molar-refractivity contribution in [2.45, 2.75) is 6.92 Å². The van der Waals surface area contributed by atoms with E-state index in [1.807, 2.05) is 12.2 Å². The van der Waals surface area contributed by atoms with Gasteiger partial charge in [-0.3, -0.25) is 10.1 Å². The quantitative estimate of drug-likeness (QED) is 0.803. The minimum atomic E-state index is -0.656. The van der Waals surface area contributed by atoms with Crippen molar-refractivity contribution in [3.05, 3.63) is 28.8 Å². The number of nitrogens with one attached hydrogen (secondary N) is 2. The number of hydrogen-bond donors (Lipinski definition) is 2. The van der Waals surface area contributed by atoms with Gasteiger partial charge in [0.05, 0.1) is 10.7 Å². The number of halogens is 2. The lowest BCUT2D eigenvalue weighted by Gasteiger charge is -2.07. The van der Waals surface area contributed by atoms with Gasteiger partial charge in [-0.25, -0.2) is 4.79 Å². The van der Waals surface area contributed by atoms with Gasteiger partial charge in [0.2, 0.25) is 5.91 Å². The zero-order valence-corrected chi connectivity index (χ0v) is 10.0. The zero-order valence-electron chi connectivity index (χ0n) is 8.51. The first-order valence-corrected chi connectivity index (χ1v) is 5.37. The molecule has 1 aromatic rings. The normalized spacial score (nSPS) is 9.69. The molecule has 0 saturated carbocycles. The van der Waals surface area contributed by atoms with E-state index in [2.05, 4.69) is 5.32 Å². The molecule has 3 amide bonds. The van der Waals surface area contributed by atoms with Crippen molar-refractivity contribution in [1.29, 1.82) is 0 Å². The highest BCUT2D eigenvalue weighted by atomic mass is 35.5. The molecule has 0 unspecified atom stereocenters. The Balaban J connectivity index is 2.66. The minimum absolute atomic E-state index is 0.269. The second kappa shape index (κ2) is 5.72. The maximum absolute atomic E-state index is 11.3. The average molecular weight is 261 g/mol. The Morgan fingerprint density at radius 1 is 1.38 bits per heavy atom. The van der Waals surface area contributed by atoms with Crippen LogP contribution in [0.15, 0.2) is 18.2 Å². The summed E-state index contributed by atoms with van der Waals surface area (Å²) in [6.07, 6.45) is 0. The van der Waals surface area contributed by atoms with Crippen LogP contribution >= 0.6 is 23.2 Å². The Kier molecular flexibility index (Phi) is 4.58. The molecule has 0 aliphatic heterocycles. The molecule has 0 saturated heterocycles. The van der Waals surface area contributed by atoms with Crippen LogP contribution in [0.2, 0.25) is 5.02 Å². The van der Waals surface area contributed by atoms with Gasteiger partial charge in [-0.2, -0.15) is 0 Å². The third-order valence-corrected chi connectivity index (χ3v) is 2.30. The number of amides is 3. The van der Waals surface area contributed by atoms with Gasteiger partial charge in [-0.15, -0.1) is 11.6 Å². The molecule has 2 N–H and O–H groups in total. The lowest BCUT2D eigenvalue weighted by atomic mass is 10.2. The molecule has 0 spiro atoms. The molecule has 6 heteroatoms. The van der Waals surface area contributed by atoms with Crippen molar-refractivity contribution >= 4 is 40.8 Å². The molecule has 16 heavy (non-hydrogen) atoms. The summed E-state index contributed by atoms with van der Waals surface area (Å²) in [5.74, 6) is -0.836. The van der Waals surface area contributed by atoms with Crippen LogP contribution in [0.4, 0.5) is 10.5 Å². The average Bonchev–Trinajstić information content (AvgIpc) is 2.22. The third-order valence-electron chi connectivity index (χ3n) is 1.75. The van der Waals surface area contributed by atoms with Gasteiger partial charge in [0, 0.05) is 0 Å². The molecule has 1 aromatic carbocycles. The van der Waals surface area contributed by atoms with E-state index in [0.29, 0.717) is 10.7 Å². The fraction of sp³-hybridized carbons (Fsp3) is 0.200. The Morgan fingerprint density at radius 2 is 2.06 bits per heavy atom. The fourth-order valence-electron chi connectivity index (χ4n) is 1.04. The fourth-order valence-corrected chi connectivity index (χ4v) is 1.38. The number of carbonyl (C=O) groups excluding carboxylic acids is 2. The Labute approximate surface area is 103 Å². The molecule has 0 atom stereocenters.